The Morgan fingerprint density at radius 2 is 2.00 bits per heavy atom. The van der Waals surface area contributed by atoms with Gasteiger partial charge in [-0.05, 0) is 25.6 Å². The van der Waals surface area contributed by atoms with Crippen molar-refractivity contribution in [1.29, 1.82) is 0 Å². The predicted octanol–water partition coefficient (Wildman–Crippen LogP) is 3.58. The smallest absolute Gasteiger partial charge is 0.0292 e. The topological polar surface area (TPSA) is 12.4 Å². The minimum absolute atomic E-state index is 1.02. The summed E-state index contributed by atoms with van der Waals surface area (Å²) in [6, 6.07) is 0. The fourth-order valence-electron chi connectivity index (χ4n) is 0.584. The maximum Gasteiger partial charge on any atom is 0.0292 e. The molecule has 0 heterocycles. The molecular weight excluding hydrogens is 134 g/mol. The molecule has 0 aromatic rings. The summed E-state index contributed by atoms with van der Waals surface area (Å²) in [4.78, 5) is 3.66. The molecule has 1 heteroatoms. The van der Waals surface area contributed by atoms with Gasteiger partial charge in [0.05, 0.1) is 0 Å². The minimum atomic E-state index is 1.02. The van der Waals surface area contributed by atoms with Gasteiger partial charge < -0.3 is 0 Å². The molecule has 64 valence electrons. The highest BCUT2D eigenvalue weighted by Crippen LogP contribution is 2.01. The van der Waals surface area contributed by atoms with Crippen molar-refractivity contribution in [2.45, 2.75) is 34.1 Å². The maximum atomic E-state index is 3.66. The normalized spacial score (nSPS) is 10.7. The van der Waals surface area contributed by atoms with Gasteiger partial charge >= 0.3 is 0 Å². The van der Waals surface area contributed by atoms with Crippen LogP contribution in [0, 0.1) is 0 Å². The molecule has 0 aliphatic heterocycles. The molecule has 0 rings (SSSR count). The van der Waals surface area contributed by atoms with E-state index in [9.17, 15) is 0 Å². The zero-order valence-electron chi connectivity index (χ0n) is 8.09. The van der Waals surface area contributed by atoms with Gasteiger partial charge in [0.25, 0.3) is 0 Å². The SMILES string of the molecule is C=N/C=C(\C=C/C)CC.CC. The minimum Gasteiger partial charge on any atom is -0.272 e. The van der Waals surface area contributed by atoms with Crippen molar-refractivity contribution in [3.05, 3.63) is 23.9 Å². The molecule has 0 aromatic carbocycles. The van der Waals surface area contributed by atoms with E-state index in [1.54, 1.807) is 6.20 Å². The first-order valence-electron chi connectivity index (χ1n) is 4.12. The first-order chi connectivity index (χ1) is 5.35. The van der Waals surface area contributed by atoms with Gasteiger partial charge in [-0.15, -0.1) is 0 Å². The third-order valence-electron chi connectivity index (χ3n) is 1.05. The summed E-state index contributed by atoms with van der Waals surface area (Å²) in [5.41, 5.74) is 1.22. The average molecular weight is 153 g/mol. The summed E-state index contributed by atoms with van der Waals surface area (Å²) < 4.78 is 0. The Hall–Kier alpha value is -0.850. The Morgan fingerprint density at radius 3 is 2.27 bits per heavy atom. The van der Waals surface area contributed by atoms with E-state index in [4.69, 9.17) is 0 Å². The molecule has 0 N–H and O–H groups in total. The van der Waals surface area contributed by atoms with Gasteiger partial charge in [-0.25, -0.2) is 0 Å². The largest absolute Gasteiger partial charge is 0.272 e. The van der Waals surface area contributed by atoms with Crippen LogP contribution >= 0.6 is 0 Å². The summed E-state index contributed by atoms with van der Waals surface area (Å²) >= 11 is 0. The van der Waals surface area contributed by atoms with Crippen LogP contribution in [0.2, 0.25) is 0 Å². The number of rotatable bonds is 3. The van der Waals surface area contributed by atoms with E-state index < -0.39 is 0 Å². The molecule has 0 aliphatic carbocycles. The van der Waals surface area contributed by atoms with Crippen LogP contribution in [0.15, 0.2) is 28.9 Å². The quantitative estimate of drug-likeness (QED) is 0.434. The molecule has 0 radical (unpaired) electrons. The second-order valence-electron chi connectivity index (χ2n) is 1.74. The zero-order valence-corrected chi connectivity index (χ0v) is 8.09. The summed E-state index contributed by atoms with van der Waals surface area (Å²) in [5.74, 6) is 0. The highest BCUT2D eigenvalue weighted by atomic mass is 14.6. The molecule has 0 aromatic heterocycles. The molecule has 11 heavy (non-hydrogen) atoms. The summed E-state index contributed by atoms with van der Waals surface area (Å²) in [7, 11) is 0. The lowest BCUT2D eigenvalue weighted by molar-refractivity contribution is 1.14. The Labute approximate surface area is 70.5 Å². The van der Waals surface area contributed by atoms with Crippen molar-refractivity contribution in [2.24, 2.45) is 4.99 Å². The van der Waals surface area contributed by atoms with E-state index in [1.807, 2.05) is 32.9 Å². The summed E-state index contributed by atoms with van der Waals surface area (Å²) in [6.07, 6.45) is 6.83. The van der Waals surface area contributed by atoms with Gasteiger partial charge in [0, 0.05) is 6.20 Å². The molecule has 0 atom stereocenters. The highest BCUT2D eigenvalue weighted by Gasteiger charge is 1.81. The van der Waals surface area contributed by atoms with Gasteiger partial charge in [-0.3, -0.25) is 4.99 Å². The van der Waals surface area contributed by atoms with Crippen molar-refractivity contribution in [1.82, 2.24) is 0 Å². The monoisotopic (exact) mass is 153 g/mol. The van der Waals surface area contributed by atoms with Crippen LogP contribution < -0.4 is 0 Å². The Morgan fingerprint density at radius 1 is 1.45 bits per heavy atom. The fourth-order valence-corrected chi connectivity index (χ4v) is 0.584. The number of hydrogen-bond acceptors (Lipinski definition) is 1. The van der Waals surface area contributed by atoms with Crippen LogP contribution in [0.1, 0.15) is 34.1 Å². The lowest BCUT2D eigenvalue weighted by atomic mass is 10.2. The lowest BCUT2D eigenvalue weighted by Gasteiger charge is -1.90. The molecule has 0 saturated carbocycles. The zero-order chi connectivity index (χ0) is 9.11. The molecule has 0 aliphatic rings. The standard InChI is InChI=1S/C8H13N.C2H6/c1-4-6-8(5-2)7-9-3;1-2/h4,6-7H,3,5H2,1-2H3;1-2H3/b6-4-,8-7-;. The Balaban J connectivity index is 0. The number of hydrogen-bond donors (Lipinski definition) is 0. The van der Waals surface area contributed by atoms with Gasteiger partial charge in [0.15, 0.2) is 0 Å². The Kier molecular flexibility index (Phi) is 13.8. The van der Waals surface area contributed by atoms with Crippen molar-refractivity contribution in [3.8, 4) is 0 Å². The average Bonchev–Trinajstić information content (AvgIpc) is 2.08. The van der Waals surface area contributed by atoms with Crippen LogP contribution in [0.5, 0.6) is 0 Å². The van der Waals surface area contributed by atoms with Crippen LogP contribution in [0.3, 0.4) is 0 Å². The van der Waals surface area contributed by atoms with Crippen molar-refractivity contribution < 1.29 is 0 Å². The molecule has 0 spiro atoms. The van der Waals surface area contributed by atoms with Crippen LogP contribution in [-0.2, 0) is 0 Å². The first-order valence-corrected chi connectivity index (χ1v) is 4.12. The fraction of sp³-hybridized carbons (Fsp3) is 0.500. The third kappa shape index (κ3) is 9.15. The molecule has 0 saturated heterocycles. The van der Waals surface area contributed by atoms with Crippen molar-refractivity contribution in [2.75, 3.05) is 0 Å². The Bertz CT molecular complexity index is 132. The second-order valence-corrected chi connectivity index (χ2v) is 1.74. The number of nitrogens with zero attached hydrogens (tertiary/aromatic N) is 1. The predicted molar refractivity (Wildman–Crippen MR) is 54.1 cm³/mol. The van der Waals surface area contributed by atoms with E-state index in [-0.39, 0.29) is 0 Å². The molecule has 0 fully saturated rings. The van der Waals surface area contributed by atoms with Crippen LogP contribution in [0.25, 0.3) is 0 Å². The van der Waals surface area contributed by atoms with Gasteiger partial charge in [0.2, 0.25) is 0 Å². The molecule has 0 bridgehead atoms. The first kappa shape index (κ1) is 12.8. The van der Waals surface area contributed by atoms with Crippen molar-refractivity contribution >= 4 is 6.72 Å². The van der Waals surface area contributed by atoms with Gasteiger partial charge in [0.1, 0.15) is 0 Å². The lowest BCUT2D eigenvalue weighted by Crippen LogP contribution is -1.70. The van der Waals surface area contributed by atoms with Gasteiger partial charge in [-0.1, -0.05) is 32.9 Å². The third-order valence-corrected chi connectivity index (χ3v) is 1.05. The maximum absolute atomic E-state index is 3.66. The van der Waals surface area contributed by atoms with Crippen molar-refractivity contribution in [3.63, 3.8) is 0 Å². The summed E-state index contributed by atoms with van der Waals surface area (Å²) in [5, 5.41) is 0. The molecule has 1 nitrogen and oxygen atoms in total. The van der Waals surface area contributed by atoms with E-state index >= 15 is 0 Å². The summed E-state index contributed by atoms with van der Waals surface area (Å²) in [6.45, 7) is 11.5. The van der Waals surface area contributed by atoms with Crippen LogP contribution in [-0.4, -0.2) is 6.72 Å². The van der Waals surface area contributed by atoms with Gasteiger partial charge in [-0.2, -0.15) is 0 Å². The van der Waals surface area contributed by atoms with E-state index in [0.717, 1.165) is 6.42 Å². The number of allylic oxidation sites excluding steroid dienone is 3. The number of aliphatic imine (C=N–C) groups is 1. The second kappa shape index (κ2) is 11.9. The van der Waals surface area contributed by atoms with E-state index in [2.05, 4.69) is 18.6 Å². The van der Waals surface area contributed by atoms with E-state index in [1.165, 1.54) is 5.57 Å². The molecule has 0 unspecified atom stereocenters. The molecular formula is C10H19N. The van der Waals surface area contributed by atoms with E-state index in [0.29, 0.717) is 0 Å². The van der Waals surface area contributed by atoms with Crippen LogP contribution in [0.4, 0.5) is 0 Å². The molecule has 0 amide bonds. The highest BCUT2D eigenvalue weighted by molar-refractivity contribution is 5.28.